The van der Waals surface area contributed by atoms with Crippen LogP contribution in [0.3, 0.4) is 0 Å². The molecule has 0 aromatic carbocycles. The van der Waals surface area contributed by atoms with Crippen molar-refractivity contribution in [3.05, 3.63) is 42.0 Å². The summed E-state index contributed by atoms with van der Waals surface area (Å²) in [6.07, 6.45) is 6.17. The maximum absolute atomic E-state index is 11.9. The van der Waals surface area contributed by atoms with Crippen molar-refractivity contribution < 1.29 is 4.79 Å². The number of aryl methyl sites for hydroxylation is 1. The van der Waals surface area contributed by atoms with Gasteiger partial charge in [-0.05, 0) is 31.9 Å². The summed E-state index contributed by atoms with van der Waals surface area (Å²) in [5, 5.41) is 3.16. The van der Waals surface area contributed by atoms with Gasteiger partial charge in [-0.1, -0.05) is 13.0 Å². The van der Waals surface area contributed by atoms with Crippen molar-refractivity contribution in [1.29, 1.82) is 0 Å². The highest BCUT2D eigenvalue weighted by atomic mass is 16.2. The van der Waals surface area contributed by atoms with Crippen molar-refractivity contribution in [2.24, 2.45) is 0 Å². The molecule has 1 amide bonds. The Labute approximate surface area is 142 Å². The predicted molar refractivity (Wildman–Crippen MR) is 93.1 cm³/mol. The largest absolute Gasteiger partial charge is 0.342 e. The number of anilines is 2. The van der Waals surface area contributed by atoms with Gasteiger partial charge in [0.2, 0.25) is 5.91 Å². The number of amides is 1. The van der Waals surface area contributed by atoms with Gasteiger partial charge in [0.15, 0.2) is 0 Å². The Morgan fingerprint density at radius 1 is 1.29 bits per heavy atom. The average Bonchev–Trinajstić information content (AvgIpc) is 2.62. The van der Waals surface area contributed by atoms with Crippen molar-refractivity contribution >= 4 is 17.5 Å². The van der Waals surface area contributed by atoms with Crippen molar-refractivity contribution in [2.75, 3.05) is 18.4 Å². The molecule has 24 heavy (non-hydrogen) atoms. The van der Waals surface area contributed by atoms with E-state index in [0.717, 1.165) is 43.1 Å². The van der Waals surface area contributed by atoms with Crippen LogP contribution in [-0.4, -0.2) is 38.8 Å². The first-order valence-electron chi connectivity index (χ1n) is 8.46. The Morgan fingerprint density at radius 3 is 2.88 bits per heavy atom. The van der Waals surface area contributed by atoms with Gasteiger partial charge in [0.25, 0.3) is 0 Å². The van der Waals surface area contributed by atoms with Crippen LogP contribution in [0, 0.1) is 6.92 Å². The molecule has 0 bridgehead atoms. The molecule has 1 N–H and O–H groups in total. The molecule has 2 aromatic heterocycles. The SMILES string of the molecule is CCC(=O)N1CCC[C@H](c2cnc(Nc3cccc(C)n3)cn2)C1. The fraction of sp³-hybridized carbons (Fsp3) is 0.444. The van der Waals surface area contributed by atoms with Crippen LogP contribution in [-0.2, 0) is 4.79 Å². The van der Waals surface area contributed by atoms with Gasteiger partial charge in [0.05, 0.1) is 18.1 Å². The molecule has 0 aliphatic carbocycles. The number of nitrogens with one attached hydrogen (secondary N) is 1. The molecule has 0 unspecified atom stereocenters. The molecule has 1 aliphatic rings. The van der Waals surface area contributed by atoms with E-state index in [9.17, 15) is 4.79 Å². The van der Waals surface area contributed by atoms with E-state index in [1.165, 1.54) is 0 Å². The van der Waals surface area contributed by atoms with Gasteiger partial charge in [-0.3, -0.25) is 9.78 Å². The first-order valence-corrected chi connectivity index (χ1v) is 8.46. The minimum Gasteiger partial charge on any atom is -0.342 e. The van der Waals surface area contributed by atoms with E-state index < -0.39 is 0 Å². The monoisotopic (exact) mass is 325 g/mol. The lowest BCUT2D eigenvalue weighted by Gasteiger charge is -2.32. The summed E-state index contributed by atoms with van der Waals surface area (Å²) in [6, 6.07) is 5.80. The third-order valence-corrected chi connectivity index (χ3v) is 4.31. The average molecular weight is 325 g/mol. The number of piperidine rings is 1. The highest BCUT2D eigenvalue weighted by Gasteiger charge is 2.24. The molecule has 1 atom stereocenters. The lowest BCUT2D eigenvalue weighted by molar-refractivity contribution is -0.132. The molecular formula is C18H23N5O. The maximum Gasteiger partial charge on any atom is 0.222 e. The summed E-state index contributed by atoms with van der Waals surface area (Å²) in [4.78, 5) is 27.2. The van der Waals surface area contributed by atoms with Crippen LogP contribution in [0.5, 0.6) is 0 Å². The van der Waals surface area contributed by atoms with Gasteiger partial charge < -0.3 is 10.2 Å². The van der Waals surface area contributed by atoms with Crippen LogP contribution < -0.4 is 5.32 Å². The lowest BCUT2D eigenvalue weighted by Crippen LogP contribution is -2.38. The lowest BCUT2D eigenvalue weighted by atomic mass is 9.95. The minimum absolute atomic E-state index is 0.219. The molecule has 2 aromatic rings. The first kappa shape index (κ1) is 16.4. The van der Waals surface area contributed by atoms with Crippen molar-refractivity contribution in [1.82, 2.24) is 19.9 Å². The summed E-state index contributed by atoms with van der Waals surface area (Å²) in [5.74, 6) is 1.92. The molecule has 1 saturated heterocycles. The number of rotatable bonds is 4. The maximum atomic E-state index is 11.9. The molecule has 1 fully saturated rings. The molecule has 1 aliphatic heterocycles. The molecular weight excluding hydrogens is 302 g/mol. The van der Waals surface area contributed by atoms with Crippen molar-refractivity contribution in [3.8, 4) is 0 Å². The molecule has 0 radical (unpaired) electrons. The Bertz CT molecular complexity index is 701. The number of hydrogen-bond donors (Lipinski definition) is 1. The number of carbonyl (C=O) groups is 1. The zero-order valence-electron chi connectivity index (χ0n) is 14.2. The Morgan fingerprint density at radius 2 is 2.17 bits per heavy atom. The standard InChI is InChI=1S/C18H23N5O/c1-3-18(24)23-9-5-7-14(12-23)15-10-20-17(11-19-15)22-16-8-4-6-13(2)21-16/h4,6,8,10-11,14H,3,5,7,9,12H2,1-2H3,(H,20,21,22)/t14-/m0/s1. The zero-order valence-corrected chi connectivity index (χ0v) is 14.2. The molecule has 6 heteroatoms. The molecule has 0 spiro atoms. The number of hydrogen-bond acceptors (Lipinski definition) is 5. The van der Waals surface area contributed by atoms with E-state index >= 15 is 0 Å². The van der Waals surface area contributed by atoms with Crippen LogP contribution in [0.25, 0.3) is 0 Å². The summed E-state index contributed by atoms with van der Waals surface area (Å²) < 4.78 is 0. The van der Waals surface area contributed by atoms with Crippen LogP contribution in [0.1, 0.15) is 43.5 Å². The number of aromatic nitrogens is 3. The van der Waals surface area contributed by atoms with Crippen LogP contribution in [0.15, 0.2) is 30.6 Å². The van der Waals surface area contributed by atoms with Crippen LogP contribution >= 0.6 is 0 Å². The second kappa shape index (κ2) is 7.38. The molecule has 3 rings (SSSR count). The van der Waals surface area contributed by atoms with E-state index in [1.807, 2.05) is 43.1 Å². The van der Waals surface area contributed by atoms with Gasteiger partial charge in [-0.25, -0.2) is 9.97 Å². The number of pyridine rings is 1. The third-order valence-electron chi connectivity index (χ3n) is 4.31. The van der Waals surface area contributed by atoms with Gasteiger partial charge >= 0.3 is 0 Å². The second-order valence-corrected chi connectivity index (χ2v) is 6.15. The number of likely N-dealkylation sites (tertiary alicyclic amines) is 1. The van der Waals surface area contributed by atoms with Crippen molar-refractivity contribution in [2.45, 2.75) is 39.0 Å². The number of nitrogens with zero attached hydrogens (tertiary/aromatic N) is 4. The fourth-order valence-corrected chi connectivity index (χ4v) is 3.03. The predicted octanol–water partition coefficient (Wildman–Crippen LogP) is 3.04. The quantitative estimate of drug-likeness (QED) is 0.935. The molecule has 126 valence electrons. The smallest absolute Gasteiger partial charge is 0.222 e. The minimum atomic E-state index is 0.219. The van der Waals surface area contributed by atoms with E-state index in [4.69, 9.17) is 0 Å². The first-order chi connectivity index (χ1) is 11.7. The highest BCUT2D eigenvalue weighted by molar-refractivity contribution is 5.76. The summed E-state index contributed by atoms with van der Waals surface area (Å²) in [7, 11) is 0. The Hall–Kier alpha value is -2.50. The third kappa shape index (κ3) is 3.88. The highest BCUT2D eigenvalue weighted by Crippen LogP contribution is 2.26. The topological polar surface area (TPSA) is 71.0 Å². The normalized spacial score (nSPS) is 17.6. The van der Waals surface area contributed by atoms with E-state index in [1.54, 1.807) is 6.20 Å². The van der Waals surface area contributed by atoms with E-state index in [2.05, 4.69) is 20.3 Å². The van der Waals surface area contributed by atoms with Crippen molar-refractivity contribution in [3.63, 3.8) is 0 Å². The molecule has 0 saturated carbocycles. The summed E-state index contributed by atoms with van der Waals surface area (Å²) in [5.41, 5.74) is 1.90. The van der Waals surface area contributed by atoms with Gasteiger partial charge in [0.1, 0.15) is 11.6 Å². The Balaban J connectivity index is 1.66. The summed E-state index contributed by atoms with van der Waals surface area (Å²) in [6.45, 7) is 5.46. The fourth-order valence-electron chi connectivity index (χ4n) is 3.03. The van der Waals surface area contributed by atoms with Crippen LogP contribution in [0.4, 0.5) is 11.6 Å². The molecule has 3 heterocycles. The second-order valence-electron chi connectivity index (χ2n) is 6.15. The van der Waals surface area contributed by atoms with Gasteiger partial charge in [-0.15, -0.1) is 0 Å². The summed E-state index contributed by atoms with van der Waals surface area (Å²) >= 11 is 0. The Kier molecular flexibility index (Phi) is 5.03. The van der Waals surface area contributed by atoms with Gasteiger partial charge in [-0.2, -0.15) is 0 Å². The van der Waals surface area contributed by atoms with E-state index in [-0.39, 0.29) is 11.8 Å². The van der Waals surface area contributed by atoms with Crippen LogP contribution in [0.2, 0.25) is 0 Å². The molecule has 6 nitrogen and oxygen atoms in total. The zero-order chi connectivity index (χ0) is 16.9. The van der Waals surface area contributed by atoms with Gasteiger partial charge in [0, 0.05) is 31.1 Å². The number of carbonyl (C=O) groups excluding carboxylic acids is 1. The van der Waals surface area contributed by atoms with E-state index in [0.29, 0.717) is 12.2 Å².